The maximum atomic E-state index is 13.2. The van der Waals surface area contributed by atoms with Gasteiger partial charge in [0, 0.05) is 0 Å². The topological polar surface area (TPSA) is 29.4 Å². The first-order valence-corrected chi connectivity index (χ1v) is 5.43. The number of aliphatic imine (C=N–C) groups is 1. The largest absolute Gasteiger partial charge is 0.243 e. The number of isocyanates is 1. The summed E-state index contributed by atoms with van der Waals surface area (Å²) in [4.78, 5) is 14.3. The average molecular weight is 219 g/mol. The summed E-state index contributed by atoms with van der Waals surface area (Å²) in [7, 11) is 0. The second kappa shape index (κ2) is 3.84. The van der Waals surface area contributed by atoms with Gasteiger partial charge in [-0.15, -0.1) is 0 Å². The lowest BCUT2D eigenvalue weighted by molar-refractivity contribution is 0.373. The number of halogens is 1. The molecule has 1 aromatic rings. The number of alkyl halides is 1. The zero-order chi connectivity index (χ0) is 11.8. The van der Waals surface area contributed by atoms with Crippen molar-refractivity contribution >= 4 is 6.08 Å². The maximum absolute atomic E-state index is 13.2. The molecule has 1 aliphatic carbocycles. The molecule has 2 nitrogen and oxygen atoms in total. The number of aryl methyl sites for hydroxylation is 1. The first-order chi connectivity index (χ1) is 7.59. The highest BCUT2D eigenvalue weighted by molar-refractivity contribution is 5.45. The zero-order valence-electron chi connectivity index (χ0n) is 9.46. The van der Waals surface area contributed by atoms with Gasteiger partial charge in [-0.3, -0.25) is 0 Å². The molecule has 1 saturated carbocycles. The SMILES string of the molecule is Cc1ccc(C(C)F)cc1C1(N=C=O)CC1. The second-order valence-electron chi connectivity index (χ2n) is 4.43. The van der Waals surface area contributed by atoms with Crippen molar-refractivity contribution in [3.63, 3.8) is 0 Å². The van der Waals surface area contributed by atoms with E-state index < -0.39 is 11.7 Å². The van der Waals surface area contributed by atoms with Crippen LogP contribution in [-0.2, 0) is 10.3 Å². The van der Waals surface area contributed by atoms with E-state index in [4.69, 9.17) is 0 Å². The summed E-state index contributed by atoms with van der Waals surface area (Å²) in [5.74, 6) is 0. The Bertz CT molecular complexity index is 457. The van der Waals surface area contributed by atoms with Gasteiger partial charge in [0.15, 0.2) is 0 Å². The fourth-order valence-corrected chi connectivity index (χ4v) is 2.04. The van der Waals surface area contributed by atoms with Gasteiger partial charge >= 0.3 is 0 Å². The monoisotopic (exact) mass is 219 g/mol. The molecule has 0 amide bonds. The molecule has 1 fully saturated rings. The van der Waals surface area contributed by atoms with Crippen LogP contribution < -0.4 is 0 Å². The first-order valence-electron chi connectivity index (χ1n) is 5.43. The lowest BCUT2D eigenvalue weighted by Gasteiger charge is -2.14. The Hall–Kier alpha value is -1.47. The fourth-order valence-electron chi connectivity index (χ4n) is 2.04. The maximum Gasteiger partial charge on any atom is 0.235 e. The Morgan fingerprint density at radius 1 is 1.50 bits per heavy atom. The van der Waals surface area contributed by atoms with Gasteiger partial charge in [-0.05, 0) is 43.4 Å². The van der Waals surface area contributed by atoms with Gasteiger partial charge in [-0.25, -0.2) is 9.18 Å². The normalized spacial score (nSPS) is 18.7. The van der Waals surface area contributed by atoms with E-state index in [2.05, 4.69) is 4.99 Å². The van der Waals surface area contributed by atoms with Crippen molar-refractivity contribution in [3.05, 3.63) is 34.9 Å². The van der Waals surface area contributed by atoms with E-state index >= 15 is 0 Å². The van der Waals surface area contributed by atoms with Crippen molar-refractivity contribution in [2.45, 2.75) is 38.4 Å². The standard InChI is InChI=1S/C13H14FNO/c1-9-3-4-11(10(2)14)7-12(9)13(5-6-13)15-8-16/h3-4,7,10H,5-6H2,1-2H3. The molecule has 0 N–H and O–H groups in total. The third kappa shape index (κ3) is 1.79. The number of rotatable bonds is 3. The minimum Gasteiger partial charge on any atom is -0.243 e. The predicted molar refractivity (Wildman–Crippen MR) is 59.7 cm³/mol. The summed E-state index contributed by atoms with van der Waals surface area (Å²) in [6.07, 6.45) is 2.34. The molecular formula is C13H14FNO. The lowest BCUT2D eigenvalue weighted by atomic mass is 9.96. The van der Waals surface area contributed by atoms with E-state index in [1.165, 1.54) is 6.92 Å². The number of carbonyl (C=O) groups excluding carboxylic acids is 1. The molecule has 0 bridgehead atoms. The van der Waals surface area contributed by atoms with Gasteiger partial charge in [0.25, 0.3) is 0 Å². The Morgan fingerprint density at radius 2 is 2.19 bits per heavy atom. The smallest absolute Gasteiger partial charge is 0.235 e. The van der Waals surface area contributed by atoms with Crippen molar-refractivity contribution in [2.24, 2.45) is 4.99 Å². The Morgan fingerprint density at radius 3 is 2.69 bits per heavy atom. The molecule has 1 atom stereocenters. The Kier molecular flexibility index (Phi) is 2.64. The second-order valence-corrected chi connectivity index (χ2v) is 4.43. The third-order valence-electron chi connectivity index (χ3n) is 3.21. The first kappa shape index (κ1) is 11.0. The third-order valence-corrected chi connectivity index (χ3v) is 3.21. The van der Waals surface area contributed by atoms with Crippen LogP contribution >= 0.6 is 0 Å². The van der Waals surface area contributed by atoms with Crippen molar-refractivity contribution in [2.75, 3.05) is 0 Å². The Balaban J connectivity index is 2.47. The van der Waals surface area contributed by atoms with Crippen molar-refractivity contribution in [1.82, 2.24) is 0 Å². The molecule has 0 aliphatic heterocycles. The molecule has 2 rings (SSSR count). The molecule has 0 aromatic heterocycles. The molecule has 0 radical (unpaired) electrons. The van der Waals surface area contributed by atoms with Gasteiger partial charge < -0.3 is 0 Å². The summed E-state index contributed by atoms with van der Waals surface area (Å²) < 4.78 is 13.2. The van der Waals surface area contributed by atoms with E-state index in [0.717, 1.165) is 24.0 Å². The van der Waals surface area contributed by atoms with Crippen LogP contribution in [0.15, 0.2) is 23.2 Å². The van der Waals surface area contributed by atoms with Gasteiger partial charge in [0.05, 0.1) is 5.54 Å². The van der Waals surface area contributed by atoms with E-state index in [0.29, 0.717) is 5.56 Å². The number of nitrogens with zero attached hydrogens (tertiary/aromatic N) is 1. The van der Waals surface area contributed by atoms with E-state index in [1.54, 1.807) is 12.1 Å². The number of hydrogen-bond donors (Lipinski definition) is 0. The van der Waals surface area contributed by atoms with Crippen molar-refractivity contribution < 1.29 is 9.18 Å². The van der Waals surface area contributed by atoms with Crippen LogP contribution in [0, 0.1) is 6.92 Å². The van der Waals surface area contributed by atoms with Crippen LogP contribution in [0.2, 0.25) is 0 Å². The Labute approximate surface area is 94.2 Å². The predicted octanol–water partition coefficient (Wildman–Crippen LogP) is 3.35. The number of benzene rings is 1. The van der Waals surface area contributed by atoms with Gasteiger partial charge in [0.1, 0.15) is 6.17 Å². The van der Waals surface area contributed by atoms with E-state index in [-0.39, 0.29) is 0 Å². The van der Waals surface area contributed by atoms with Crippen LogP contribution in [0.3, 0.4) is 0 Å². The summed E-state index contributed by atoms with van der Waals surface area (Å²) in [5, 5.41) is 0. The van der Waals surface area contributed by atoms with Gasteiger partial charge in [-0.2, -0.15) is 4.99 Å². The summed E-state index contributed by atoms with van der Waals surface area (Å²) in [6.45, 7) is 3.47. The molecular weight excluding hydrogens is 205 g/mol. The molecule has 0 spiro atoms. The zero-order valence-corrected chi connectivity index (χ0v) is 9.46. The number of hydrogen-bond acceptors (Lipinski definition) is 2. The molecule has 1 aliphatic rings. The van der Waals surface area contributed by atoms with Crippen LogP contribution in [0.4, 0.5) is 4.39 Å². The molecule has 3 heteroatoms. The molecule has 16 heavy (non-hydrogen) atoms. The lowest BCUT2D eigenvalue weighted by Crippen LogP contribution is -2.06. The van der Waals surface area contributed by atoms with Crippen LogP contribution in [0.25, 0.3) is 0 Å². The van der Waals surface area contributed by atoms with E-state index in [1.807, 2.05) is 19.1 Å². The van der Waals surface area contributed by atoms with E-state index in [9.17, 15) is 9.18 Å². The molecule has 0 saturated heterocycles. The highest BCUT2D eigenvalue weighted by Gasteiger charge is 2.45. The van der Waals surface area contributed by atoms with Gasteiger partial charge in [-0.1, -0.05) is 18.2 Å². The van der Waals surface area contributed by atoms with Crippen LogP contribution in [0.5, 0.6) is 0 Å². The fraction of sp³-hybridized carbons (Fsp3) is 0.462. The van der Waals surface area contributed by atoms with Crippen LogP contribution in [0.1, 0.15) is 42.6 Å². The van der Waals surface area contributed by atoms with Crippen molar-refractivity contribution in [3.8, 4) is 0 Å². The summed E-state index contributed by atoms with van der Waals surface area (Å²) >= 11 is 0. The molecule has 0 heterocycles. The highest BCUT2D eigenvalue weighted by atomic mass is 19.1. The average Bonchev–Trinajstić information content (AvgIpc) is 2.99. The summed E-state index contributed by atoms with van der Waals surface area (Å²) in [5.41, 5.74) is 2.27. The molecule has 1 unspecified atom stereocenters. The molecule has 1 aromatic carbocycles. The molecule has 84 valence electrons. The minimum absolute atomic E-state index is 0.406. The quantitative estimate of drug-likeness (QED) is 0.566. The van der Waals surface area contributed by atoms with Gasteiger partial charge in [0.2, 0.25) is 6.08 Å². The minimum atomic E-state index is -0.990. The van der Waals surface area contributed by atoms with Crippen molar-refractivity contribution in [1.29, 1.82) is 0 Å². The van der Waals surface area contributed by atoms with Crippen LogP contribution in [-0.4, -0.2) is 6.08 Å². The highest BCUT2D eigenvalue weighted by Crippen LogP contribution is 2.50. The summed E-state index contributed by atoms with van der Waals surface area (Å²) in [6, 6.07) is 5.50.